The first-order valence-corrected chi connectivity index (χ1v) is 4.44. The Morgan fingerprint density at radius 2 is 2.07 bits per heavy atom. The summed E-state index contributed by atoms with van der Waals surface area (Å²) in [5.74, 6) is -0.736. The zero-order valence-electron chi connectivity index (χ0n) is 8.27. The summed E-state index contributed by atoms with van der Waals surface area (Å²) in [4.78, 5) is 11.3. The normalized spacial score (nSPS) is 11.1. The van der Waals surface area contributed by atoms with Crippen LogP contribution >= 0.6 is 0 Å². The van der Waals surface area contributed by atoms with Gasteiger partial charge in [0.2, 0.25) is 0 Å². The molecule has 0 aliphatic rings. The first-order chi connectivity index (χ1) is 7.24. The van der Waals surface area contributed by atoms with Crippen molar-refractivity contribution in [3.05, 3.63) is 47.8 Å². The van der Waals surface area contributed by atoms with E-state index in [1.54, 1.807) is 12.2 Å². The Bertz CT molecular complexity index is 382. The number of carbonyl (C=O) groups excluding carboxylic acids is 1. The Morgan fingerprint density at radius 3 is 2.67 bits per heavy atom. The van der Waals surface area contributed by atoms with Crippen molar-refractivity contribution in [2.45, 2.75) is 6.92 Å². The van der Waals surface area contributed by atoms with Crippen LogP contribution < -0.4 is 5.43 Å². The van der Waals surface area contributed by atoms with Crippen LogP contribution in [-0.4, -0.2) is 12.1 Å². The fraction of sp³-hybridized carbons (Fsp3) is 0.0909. The first kappa shape index (κ1) is 11.1. The number of halogens is 1. The van der Waals surface area contributed by atoms with E-state index in [4.69, 9.17) is 0 Å². The van der Waals surface area contributed by atoms with Gasteiger partial charge in [0.25, 0.3) is 5.91 Å². The number of amides is 1. The molecule has 0 radical (unpaired) electrons. The molecule has 0 heterocycles. The minimum absolute atomic E-state index is 0.365. The molecule has 0 saturated heterocycles. The zero-order valence-corrected chi connectivity index (χ0v) is 8.27. The van der Waals surface area contributed by atoms with E-state index in [0.717, 1.165) is 0 Å². The minimum Gasteiger partial charge on any atom is -0.267 e. The van der Waals surface area contributed by atoms with Gasteiger partial charge in [0, 0.05) is 11.8 Å². The number of nitrogens with zero attached hydrogens (tertiary/aromatic N) is 1. The Labute approximate surface area is 87.3 Å². The van der Waals surface area contributed by atoms with Crippen molar-refractivity contribution in [3.8, 4) is 0 Å². The van der Waals surface area contributed by atoms with E-state index in [9.17, 15) is 9.18 Å². The predicted octanol–water partition coefficient (Wildman–Crippen LogP) is 2.12. The second kappa shape index (κ2) is 5.70. The lowest BCUT2D eigenvalue weighted by molar-refractivity contribution is 0.0955. The van der Waals surface area contributed by atoms with Crippen molar-refractivity contribution in [2.75, 3.05) is 0 Å². The molecule has 15 heavy (non-hydrogen) atoms. The van der Waals surface area contributed by atoms with Gasteiger partial charge < -0.3 is 0 Å². The lowest BCUT2D eigenvalue weighted by Crippen LogP contribution is -2.17. The average Bonchev–Trinajstić information content (AvgIpc) is 2.25. The molecular formula is C11H11FN2O. The van der Waals surface area contributed by atoms with Gasteiger partial charge >= 0.3 is 0 Å². The molecule has 0 aliphatic heterocycles. The maximum atomic E-state index is 12.5. The molecule has 1 aromatic rings. The minimum atomic E-state index is -0.371. The molecule has 0 unspecified atom stereocenters. The topological polar surface area (TPSA) is 41.5 Å². The van der Waals surface area contributed by atoms with Crippen LogP contribution in [0.5, 0.6) is 0 Å². The van der Waals surface area contributed by atoms with E-state index in [0.29, 0.717) is 5.56 Å². The van der Waals surface area contributed by atoms with E-state index in [-0.39, 0.29) is 11.7 Å². The summed E-state index contributed by atoms with van der Waals surface area (Å²) in [5.41, 5.74) is 2.68. The highest BCUT2D eigenvalue weighted by Gasteiger charge is 2.02. The molecule has 0 bridgehead atoms. The predicted molar refractivity (Wildman–Crippen MR) is 57.2 cm³/mol. The second-order valence-electron chi connectivity index (χ2n) is 2.75. The SMILES string of the molecule is C/C=C/C=N/NC(=O)c1ccc(F)cc1. The largest absolute Gasteiger partial charge is 0.271 e. The van der Waals surface area contributed by atoms with Gasteiger partial charge in [-0.25, -0.2) is 9.82 Å². The van der Waals surface area contributed by atoms with Crippen LogP contribution in [0.25, 0.3) is 0 Å². The molecule has 1 amide bonds. The number of carbonyl (C=O) groups is 1. The maximum absolute atomic E-state index is 12.5. The van der Waals surface area contributed by atoms with E-state index in [1.165, 1.54) is 30.5 Å². The van der Waals surface area contributed by atoms with Crippen molar-refractivity contribution in [1.82, 2.24) is 5.43 Å². The highest BCUT2D eigenvalue weighted by molar-refractivity contribution is 5.94. The number of nitrogens with one attached hydrogen (secondary N) is 1. The van der Waals surface area contributed by atoms with Gasteiger partial charge in [-0.1, -0.05) is 6.08 Å². The molecule has 0 aliphatic carbocycles. The highest BCUT2D eigenvalue weighted by atomic mass is 19.1. The molecule has 1 N–H and O–H groups in total. The fourth-order valence-corrected chi connectivity index (χ4v) is 0.891. The van der Waals surface area contributed by atoms with Gasteiger partial charge in [-0.15, -0.1) is 0 Å². The third-order valence-electron chi connectivity index (χ3n) is 1.63. The Balaban J connectivity index is 2.58. The molecule has 4 heteroatoms. The summed E-state index contributed by atoms with van der Waals surface area (Å²) in [6.07, 6.45) is 4.93. The molecule has 0 saturated carbocycles. The maximum Gasteiger partial charge on any atom is 0.271 e. The second-order valence-corrected chi connectivity index (χ2v) is 2.75. The monoisotopic (exact) mass is 206 g/mol. The molecule has 1 aromatic carbocycles. The van der Waals surface area contributed by atoms with Gasteiger partial charge in [-0.2, -0.15) is 5.10 Å². The van der Waals surface area contributed by atoms with E-state index < -0.39 is 0 Å². The van der Waals surface area contributed by atoms with Crippen LogP contribution in [0.4, 0.5) is 4.39 Å². The molecule has 0 fully saturated rings. The summed E-state index contributed by atoms with van der Waals surface area (Å²) in [5, 5.41) is 3.65. The Hall–Kier alpha value is -1.97. The van der Waals surface area contributed by atoms with Crippen LogP contribution in [0.1, 0.15) is 17.3 Å². The number of allylic oxidation sites excluding steroid dienone is 2. The van der Waals surface area contributed by atoms with Crippen LogP contribution in [0.15, 0.2) is 41.5 Å². The molecule has 3 nitrogen and oxygen atoms in total. The van der Waals surface area contributed by atoms with E-state index in [1.807, 2.05) is 6.92 Å². The molecular weight excluding hydrogens is 195 g/mol. The highest BCUT2D eigenvalue weighted by Crippen LogP contribution is 2.01. The van der Waals surface area contributed by atoms with Crippen molar-refractivity contribution in [1.29, 1.82) is 0 Å². The first-order valence-electron chi connectivity index (χ1n) is 4.44. The molecule has 0 atom stereocenters. The number of hydrogen-bond acceptors (Lipinski definition) is 2. The quantitative estimate of drug-likeness (QED) is 0.597. The van der Waals surface area contributed by atoms with Gasteiger partial charge in [-0.3, -0.25) is 4.79 Å². The van der Waals surface area contributed by atoms with Gasteiger partial charge in [0.15, 0.2) is 0 Å². The van der Waals surface area contributed by atoms with Crippen molar-refractivity contribution < 1.29 is 9.18 Å². The standard InChI is InChI=1S/C11H11FN2O/c1-2-3-8-13-14-11(15)9-4-6-10(12)7-5-9/h2-8H,1H3,(H,14,15)/b3-2+,13-8+. The summed E-state index contributed by atoms with van der Waals surface area (Å²) in [6.45, 7) is 1.84. The number of rotatable bonds is 3. The summed E-state index contributed by atoms with van der Waals surface area (Å²) < 4.78 is 12.5. The lowest BCUT2D eigenvalue weighted by Gasteiger charge is -1.98. The Morgan fingerprint density at radius 1 is 1.40 bits per heavy atom. The molecule has 78 valence electrons. The number of hydrogen-bond donors (Lipinski definition) is 1. The fourth-order valence-electron chi connectivity index (χ4n) is 0.891. The van der Waals surface area contributed by atoms with Crippen molar-refractivity contribution in [2.24, 2.45) is 5.10 Å². The molecule has 0 spiro atoms. The van der Waals surface area contributed by atoms with E-state index >= 15 is 0 Å². The molecule has 0 aromatic heterocycles. The van der Waals surface area contributed by atoms with Crippen molar-refractivity contribution >= 4 is 12.1 Å². The lowest BCUT2D eigenvalue weighted by atomic mass is 10.2. The zero-order chi connectivity index (χ0) is 11.1. The number of hydrazone groups is 1. The van der Waals surface area contributed by atoms with Crippen LogP contribution in [-0.2, 0) is 0 Å². The summed E-state index contributed by atoms with van der Waals surface area (Å²) >= 11 is 0. The van der Waals surface area contributed by atoms with Crippen LogP contribution in [0, 0.1) is 5.82 Å². The van der Waals surface area contributed by atoms with Gasteiger partial charge in [-0.05, 0) is 37.3 Å². The Kier molecular flexibility index (Phi) is 4.22. The van der Waals surface area contributed by atoms with Crippen LogP contribution in [0.3, 0.4) is 0 Å². The summed E-state index contributed by atoms with van der Waals surface area (Å²) in [7, 11) is 0. The van der Waals surface area contributed by atoms with E-state index in [2.05, 4.69) is 10.5 Å². The number of benzene rings is 1. The third kappa shape index (κ3) is 3.72. The van der Waals surface area contributed by atoms with Gasteiger partial charge in [0.1, 0.15) is 5.82 Å². The molecule has 1 rings (SSSR count). The average molecular weight is 206 g/mol. The summed E-state index contributed by atoms with van der Waals surface area (Å²) in [6, 6.07) is 5.25. The van der Waals surface area contributed by atoms with Crippen molar-refractivity contribution in [3.63, 3.8) is 0 Å². The van der Waals surface area contributed by atoms with Crippen LogP contribution in [0.2, 0.25) is 0 Å². The smallest absolute Gasteiger partial charge is 0.267 e. The third-order valence-corrected chi connectivity index (χ3v) is 1.63. The van der Waals surface area contributed by atoms with Gasteiger partial charge in [0.05, 0.1) is 0 Å².